The molecule has 0 amide bonds. The van der Waals surface area contributed by atoms with Gasteiger partial charge in [-0.1, -0.05) is 43.2 Å². The molecular formula is C19H21N3O4S. The van der Waals surface area contributed by atoms with Crippen molar-refractivity contribution in [3.8, 4) is 0 Å². The van der Waals surface area contributed by atoms with Crippen LogP contribution in [-0.4, -0.2) is 25.5 Å². The Labute approximate surface area is 158 Å². The van der Waals surface area contributed by atoms with E-state index < -0.39 is 28.0 Å². The zero-order valence-electron chi connectivity index (χ0n) is 14.7. The van der Waals surface area contributed by atoms with Crippen molar-refractivity contribution in [3.05, 3.63) is 54.6 Å². The van der Waals surface area contributed by atoms with Crippen LogP contribution in [0.1, 0.15) is 25.7 Å². The Morgan fingerprint density at radius 3 is 2.37 bits per heavy atom. The van der Waals surface area contributed by atoms with Crippen molar-refractivity contribution in [1.29, 1.82) is 0 Å². The highest BCUT2D eigenvalue weighted by atomic mass is 32.2. The van der Waals surface area contributed by atoms with Gasteiger partial charge in [0.1, 0.15) is 10.6 Å². The zero-order chi connectivity index (χ0) is 19.3. The molecule has 7 nitrogen and oxygen atoms in total. The molecule has 1 fully saturated rings. The molecule has 0 saturated heterocycles. The normalized spacial score (nSPS) is 20.6. The maximum atomic E-state index is 12.9. The van der Waals surface area contributed by atoms with Crippen LogP contribution < -0.4 is 4.72 Å². The monoisotopic (exact) mass is 387 g/mol. The summed E-state index contributed by atoms with van der Waals surface area (Å²) >= 11 is 0. The van der Waals surface area contributed by atoms with Gasteiger partial charge in [-0.25, -0.2) is 13.1 Å². The third kappa shape index (κ3) is 4.78. The number of benzene rings is 2. The Morgan fingerprint density at radius 2 is 1.63 bits per heavy atom. The van der Waals surface area contributed by atoms with Crippen LogP contribution in [0.25, 0.3) is 0 Å². The van der Waals surface area contributed by atoms with Crippen LogP contribution in [0.3, 0.4) is 0 Å². The second-order valence-electron chi connectivity index (χ2n) is 6.46. The average Bonchev–Trinajstić information content (AvgIpc) is 2.67. The molecule has 0 aromatic heterocycles. The fourth-order valence-corrected chi connectivity index (χ4v) is 4.65. The Hall–Kier alpha value is -2.58. The maximum Gasteiger partial charge on any atom is 0.308 e. The molecule has 27 heavy (non-hydrogen) atoms. The van der Waals surface area contributed by atoms with Crippen molar-refractivity contribution in [2.75, 3.05) is 0 Å². The van der Waals surface area contributed by atoms with Gasteiger partial charge in [-0.2, -0.15) is 5.11 Å². The molecule has 2 aromatic rings. The van der Waals surface area contributed by atoms with Crippen LogP contribution in [0.15, 0.2) is 69.7 Å². The van der Waals surface area contributed by atoms with Crippen molar-refractivity contribution < 1.29 is 18.3 Å². The molecule has 0 bridgehead atoms. The molecule has 0 heterocycles. The number of carboxylic acids is 1. The van der Waals surface area contributed by atoms with Crippen LogP contribution >= 0.6 is 0 Å². The molecule has 142 valence electrons. The van der Waals surface area contributed by atoms with E-state index in [0.29, 0.717) is 18.5 Å². The molecule has 2 unspecified atom stereocenters. The molecule has 1 aliphatic rings. The minimum atomic E-state index is -3.93. The molecule has 0 aliphatic heterocycles. The number of carbonyl (C=O) groups is 1. The van der Waals surface area contributed by atoms with Crippen molar-refractivity contribution in [3.63, 3.8) is 0 Å². The van der Waals surface area contributed by atoms with Gasteiger partial charge in [-0.05, 0) is 37.1 Å². The lowest BCUT2D eigenvalue weighted by Crippen LogP contribution is -2.45. The first kappa shape index (κ1) is 19.2. The summed E-state index contributed by atoms with van der Waals surface area (Å²) in [5, 5.41) is 17.5. The van der Waals surface area contributed by atoms with Gasteiger partial charge in [0.15, 0.2) is 0 Å². The van der Waals surface area contributed by atoms with Crippen LogP contribution in [0.2, 0.25) is 0 Å². The Kier molecular flexibility index (Phi) is 5.98. The van der Waals surface area contributed by atoms with Crippen molar-refractivity contribution in [1.82, 2.24) is 4.72 Å². The summed E-state index contributed by atoms with van der Waals surface area (Å²) in [6.45, 7) is 0. The first-order valence-electron chi connectivity index (χ1n) is 8.78. The quantitative estimate of drug-likeness (QED) is 0.730. The zero-order valence-corrected chi connectivity index (χ0v) is 15.5. The molecule has 2 atom stereocenters. The number of hydrogen-bond donors (Lipinski definition) is 2. The van der Waals surface area contributed by atoms with Crippen molar-refractivity contribution >= 4 is 27.4 Å². The predicted molar refractivity (Wildman–Crippen MR) is 101 cm³/mol. The van der Waals surface area contributed by atoms with Gasteiger partial charge in [0.05, 0.1) is 11.6 Å². The highest BCUT2D eigenvalue weighted by Gasteiger charge is 2.34. The summed E-state index contributed by atoms with van der Waals surface area (Å²) in [6.07, 6.45) is 2.56. The summed E-state index contributed by atoms with van der Waals surface area (Å²) in [5.74, 6) is -1.69. The maximum absolute atomic E-state index is 12.9. The first-order chi connectivity index (χ1) is 13.0. The summed E-state index contributed by atoms with van der Waals surface area (Å²) in [4.78, 5) is 11.4. The number of azo groups is 1. The van der Waals surface area contributed by atoms with Gasteiger partial charge in [-0.3, -0.25) is 4.79 Å². The Balaban J connectivity index is 1.86. The summed E-state index contributed by atoms with van der Waals surface area (Å²) in [5.41, 5.74) is 0.812. The molecule has 2 N–H and O–H groups in total. The van der Waals surface area contributed by atoms with Crippen LogP contribution in [0, 0.1) is 5.92 Å². The third-order valence-corrected chi connectivity index (χ3v) is 6.11. The van der Waals surface area contributed by atoms with E-state index in [-0.39, 0.29) is 10.6 Å². The summed E-state index contributed by atoms with van der Waals surface area (Å²) < 4.78 is 28.4. The highest BCUT2D eigenvalue weighted by Crippen LogP contribution is 2.29. The summed E-state index contributed by atoms with van der Waals surface area (Å²) in [7, 11) is -3.93. The average molecular weight is 387 g/mol. The van der Waals surface area contributed by atoms with Gasteiger partial charge in [-0.15, -0.1) is 5.11 Å². The van der Waals surface area contributed by atoms with Crippen LogP contribution in [-0.2, 0) is 14.8 Å². The third-order valence-electron chi connectivity index (χ3n) is 4.57. The van der Waals surface area contributed by atoms with E-state index in [1.165, 1.54) is 6.07 Å². The van der Waals surface area contributed by atoms with E-state index in [2.05, 4.69) is 15.0 Å². The SMILES string of the molecule is O=C(O)C1CCCCC1NS(=O)(=O)c1ccccc1N=Nc1ccccc1. The predicted octanol–water partition coefficient (Wildman–Crippen LogP) is 4.02. The van der Waals surface area contributed by atoms with E-state index in [1.54, 1.807) is 30.3 Å². The lowest BCUT2D eigenvalue weighted by atomic mass is 9.85. The number of carboxylic acid groups (broad SMARTS) is 1. The van der Waals surface area contributed by atoms with Gasteiger partial charge in [0.2, 0.25) is 10.0 Å². The molecule has 1 aliphatic carbocycles. The molecule has 2 aromatic carbocycles. The first-order valence-corrected chi connectivity index (χ1v) is 10.3. The van der Waals surface area contributed by atoms with Gasteiger partial charge >= 0.3 is 5.97 Å². The Morgan fingerprint density at radius 1 is 0.963 bits per heavy atom. The van der Waals surface area contributed by atoms with Crippen molar-refractivity contribution in [2.24, 2.45) is 16.1 Å². The second-order valence-corrected chi connectivity index (χ2v) is 8.14. The molecule has 0 spiro atoms. The number of aliphatic carboxylic acids is 1. The van der Waals surface area contributed by atoms with Crippen molar-refractivity contribution in [2.45, 2.75) is 36.6 Å². The Bertz CT molecular complexity index is 929. The number of sulfonamides is 1. The van der Waals surface area contributed by atoms with Gasteiger partial charge in [0, 0.05) is 6.04 Å². The van der Waals surface area contributed by atoms with Gasteiger partial charge in [0.25, 0.3) is 0 Å². The fraction of sp³-hybridized carbons (Fsp3) is 0.316. The van der Waals surface area contributed by atoms with Crippen LogP contribution in [0.5, 0.6) is 0 Å². The molecule has 0 radical (unpaired) electrons. The fourth-order valence-electron chi connectivity index (χ4n) is 3.20. The van der Waals surface area contributed by atoms with E-state index in [1.807, 2.05) is 18.2 Å². The minimum Gasteiger partial charge on any atom is -0.481 e. The smallest absolute Gasteiger partial charge is 0.308 e. The van der Waals surface area contributed by atoms with E-state index >= 15 is 0 Å². The molecule has 8 heteroatoms. The van der Waals surface area contributed by atoms with E-state index in [4.69, 9.17) is 0 Å². The minimum absolute atomic E-state index is 0.0145. The van der Waals surface area contributed by atoms with Gasteiger partial charge < -0.3 is 5.11 Å². The van der Waals surface area contributed by atoms with E-state index in [9.17, 15) is 18.3 Å². The number of hydrogen-bond acceptors (Lipinski definition) is 5. The molecular weight excluding hydrogens is 366 g/mol. The van der Waals surface area contributed by atoms with E-state index in [0.717, 1.165) is 12.8 Å². The number of rotatable bonds is 6. The number of nitrogens with one attached hydrogen (secondary N) is 1. The van der Waals surface area contributed by atoms with Crippen LogP contribution in [0.4, 0.5) is 11.4 Å². The molecule has 3 rings (SSSR count). The number of nitrogens with zero attached hydrogens (tertiary/aromatic N) is 2. The lowest BCUT2D eigenvalue weighted by Gasteiger charge is -2.29. The topological polar surface area (TPSA) is 108 Å². The second kappa shape index (κ2) is 8.41. The lowest BCUT2D eigenvalue weighted by molar-refractivity contribution is -0.143. The highest BCUT2D eigenvalue weighted by molar-refractivity contribution is 7.89. The largest absolute Gasteiger partial charge is 0.481 e. The molecule has 1 saturated carbocycles. The summed E-state index contributed by atoms with van der Waals surface area (Å²) in [6, 6.07) is 14.7. The standard InChI is InChI=1S/C19H21N3O4S/c23-19(24)15-10-4-5-11-16(15)22-27(25,26)18-13-7-6-12-17(18)21-20-14-8-2-1-3-9-14/h1-3,6-9,12-13,15-16,22H,4-5,10-11H2,(H,23,24).